The number of anilines is 1. The largest absolute Gasteiger partial charge is 0.492 e. The van der Waals surface area contributed by atoms with Crippen molar-refractivity contribution in [3.8, 4) is 5.75 Å². The van der Waals surface area contributed by atoms with Crippen LogP contribution in [0, 0.1) is 0 Å². The Morgan fingerprint density at radius 2 is 1.82 bits per heavy atom. The first-order chi connectivity index (χ1) is 15.9. The minimum atomic E-state index is -4.65. The molecule has 0 radical (unpaired) electrons. The highest BCUT2D eigenvalue weighted by Crippen LogP contribution is 2.36. The molecular formula is C23H28ClF3N2O4S. The monoisotopic (exact) mass is 520 g/mol. The molecule has 0 spiro atoms. The van der Waals surface area contributed by atoms with E-state index < -0.39 is 21.8 Å². The standard InChI is InChI=1S/C23H28ClF3N2O4S/c1-3-5-17-7-10-19(11-8-17)33-15-13-28-22(30)6-4-14-29(34(2,31)32)21-16-18(23(25,26)27)9-12-20(21)24/h7-12,16H,3-6,13-15H2,1-2H3,(H,28,30). The number of carbonyl (C=O) groups is 1. The molecule has 2 rings (SSSR count). The number of carbonyl (C=O) groups excluding carboxylic acids is 1. The summed E-state index contributed by atoms with van der Waals surface area (Å²) < 4.78 is 69.9. The quantitative estimate of drug-likeness (QED) is 0.397. The summed E-state index contributed by atoms with van der Waals surface area (Å²) in [5.74, 6) is 0.362. The van der Waals surface area contributed by atoms with Crippen molar-refractivity contribution >= 4 is 33.2 Å². The molecule has 0 unspecified atom stereocenters. The highest BCUT2D eigenvalue weighted by atomic mass is 35.5. The van der Waals surface area contributed by atoms with E-state index in [4.69, 9.17) is 16.3 Å². The van der Waals surface area contributed by atoms with Gasteiger partial charge in [0.15, 0.2) is 0 Å². The number of amides is 1. The average Bonchev–Trinajstić information content (AvgIpc) is 2.75. The third-order valence-corrected chi connectivity index (χ3v) is 6.36. The second kappa shape index (κ2) is 12.3. The fourth-order valence-corrected chi connectivity index (χ4v) is 4.46. The zero-order valence-corrected chi connectivity index (χ0v) is 20.6. The number of rotatable bonds is 12. The van der Waals surface area contributed by atoms with Crippen LogP contribution in [-0.2, 0) is 27.4 Å². The lowest BCUT2D eigenvalue weighted by molar-refractivity contribution is -0.137. The molecule has 0 aliphatic rings. The smallest absolute Gasteiger partial charge is 0.416 e. The van der Waals surface area contributed by atoms with Crippen molar-refractivity contribution in [2.45, 2.75) is 38.8 Å². The normalized spacial score (nSPS) is 11.8. The predicted molar refractivity (Wildman–Crippen MR) is 127 cm³/mol. The number of nitrogens with zero attached hydrogens (tertiary/aromatic N) is 1. The maximum Gasteiger partial charge on any atom is 0.416 e. The minimum Gasteiger partial charge on any atom is -0.492 e. The van der Waals surface area contributed by atoms with Crippen LogP contribution in [0.2, 0.25) is 5.02 Å². The molecule has 11 heteroatoms. The Labute approximate surface area is 203 Å². The van der Waals surface area contributed by atoms with Crippen LogP contribution in [0.4, 0.5) is 18.9 Å². The summed E-state index contributed by atoms with van der Waals surface area (Å²) in [4.78, 5) is 12.1. The van der Waals surface area contributed by atoms with Gasteiger partial charge in [0.25, 0.3) is 0 Å². The first-order valence-electron chi connectivity index (χ1n) is 10.7. The molecular weight excluding hydrogens is 493 g/mol. The molecule has 188 valence electrons. The van der Waals surface area contributed by atoms with Gasteiger partial charge in [-0.15, -0.1) is 0 Å². The van der Waals surface area contributed by atoms with Gasteiger partial charge in [0.2, 0.25) is 15.9 Å². The van der Waals surface area contributed by atoms with Crippen molar-refractivity contribution in [2.24, 2.45) is 0 Å². The Morgan fingerprint density at radius 1 is 1.15 bits per heavy atom. The van der Waals surface area contributed by atoms with E-state index in [1.54, 1.807) is 0 Å². The molecule has 0 bridgehead atoms. The Hall–Kier alpha value is -2.46. The van der Waals surface area contributed by atoms with Crippen molar-refractivity contribution in [2.75, 3.05) is 30.3 Å². The Morgan fingerprint density at radius 3 is 2.41 bits per heavy atom. The number of hydrogen-bond donors (Lipinski definition) is 1. The highest BCUT2D eigenvalue weighted by molar-refractivity contribution is 7.92. The summed E-state index contributed by atoms with van der Waals surface area (Å²) in [6, 6.07) is 10.2. The first kappa shape index (κ1) is 27.8. The van der Waals surface area contributed by atoms with Crippen LogP contribution in [0.1, 0.15) is 37.3 Å². The number of halogens is 4. The van der Waals surface area contributed by atoms with Gasteiger partial charge >= 0.3 is 6.18 Å². The second-order valence-corrected chi connectivity index (χ2v) is 10.0. The van der Waals surface area contributed by atoms with Gasteiger partial charge in [-0.05, 0) is 48.7 Å². The van der Waals surface area contributed by atoms with E-state index in [-0.39, 0.29) is 49.2 Å². The number of aryl methyl sites for hydroxylation is 1. The molecule has 34 heavy (non-hydrogen) atoms. The van der Waals surface area contributed by atoms with E-state index in [1.165, 1.54) is 5.56 Å². The lowest BCUT2D eigenvalue weighted by Gasteiger charge is -2.24. The number of ether oxygens (including phenoxy) is 1. The molecule has 0 aliphatic heterocycles. The maximum absolute atomic E-state index is 13.0. The third kappa shape index (κ3) is 8.72. The van der Waals surface area contributed by atoms with Crippen LogP contribution in [0.3, 0.4) is 0 Å². The van der Waals surface area contributed by atoms with E-state index >= 15 is 0 Å². The van der Waals surface area contributed by atoms with Gasteiger partial charge in [-0.2, -0.15) is 13.2 Å². The van der Waals surface area contributed by atoms with Crippen molar-refractivity contribution in [1.82, 2.24) is 5.32 Å². The van der Waals surface area contributed by atoms with Crippen LogP contribution in [0.25, 0.3) is 0 Å². The summed E-state index contributed by atoms with van der Waals surface area (Å²) in [7, 11) is -3.93. The average molecular weight is 521 g/mol. The number of benzene rings is 2. The predicted octanol–water partition coefficient (Wildman–Crippen LogP) is 5.05. The lowest BCUT2D eigenvalue weighted by atomic mass is 10.1. The molecule has 2 aromatic rings. The van der Waals surface area contributed by atoms with Crippen LogP contribution < -0.4 is 14.4 Å². The van der Waals surface area contributed by atoms with Crippen LogP contribution in [0.15, 0.2) is 42.5 Å². The molecule has 1 amide bonds. The number of nitrogens with one attached hydrogen (secondary N) is 1. The minimum absolute atomic E-state index is 0.0195. The highest BCUT2D eigenvalue weighted by Gasteiger charge is 2.32. The van der Waals surface area contributed by atoms with Crippen molar-refractivity contribution in [3.63, 3.8) is 0 Å². The topological polar surface area (TPSA) is 75.7 Å². The van der Waals surface area contributed by atoms with Crippen molar-refractivity contribution in [1.29, 1.82) is 0 Å². The fourth-order valence-electron chi connectivity index (χ4n) is 3.22. The number of sulfonamides is 1. The molecule has 0 heterocycles. The maximum atomic E-state index is 13.0. The molecule has 2 aromatic carbocycles. The lowest BCUT2D eigenvalue weighted by Crippen LogP contribution is -2.33. The molecule has 0 aliphatic carbocycles. The number of hydrogen-bond acceptors (Lipinski definition) is 4. The molecule has 0 saturated heterocycles. The first-order valence-corrected chi connectivity index (χ1v) is 13.0. The van der Waals surface area contributed by atoms with E-state index in [1.807, 2.05) is 24.3 Å². The number of alkyl halides is 3. The van der Waals surface area contributed by atoms with Gasteiger partial charge in [0.05, 0.1) is 29.1 Å². The molecule has 0 atom stereocenters. The van der Waals surface area contributed by atoms with Gasteiger partial charge in [0, 0.05) is 13.0 Å². The molecule has 6 nitrogen and oxygen atoms in total. The van der Waals surface area contributed by atoms with Gasteiger partial charge in [-0.1, -0.05) is 37.1 Å². The summed E-state index contributed by atoms with van der Waals surface area (Å²) in [5.41, 5.74) is -0.0752. The zero-order chi connectivity index (χ0) is 25.4. The third-order valence-electron chi connectivity index (χ3n) is 4.86. The Kier molecular flexibility index (Phi) is 10.1. The molecule has 1 N–H and O–H groups in total. The zero-order valence-electron chi connectivity index (χ0n) is 19.0. The van der Waals surface area contributed by atoms with Crippen LogP contribution >= 0.6 is 11.6 Å². The Bertz CT molecular complexity index is 1060. The van der Waals surface area contributed by atoms with Gasteiger partial charge in [-0.3, -0.25) is 9.10 Å². The summed E-state index contributed by atoms with van der Waals surface area (Å²) in [5, 5.41) is 2.53. The molecule has 0 aromatic heterocycles. The fraction of sp³-hybridized carbons (Fsp3) is 0.435. The molecule has 0 saturated carbocycles. The molecule has 0 fully saturated rings. The van der Waals surface area contributed by atoms with Crippen LogP contribution in [-0.4, -0.2) is 40.3 Å². The van der Waals surface area contributed by atoms with E-state index in [2.05, 4.69) is 12.2 Å². The van der Waals surface area contributed by atoms with Gasteiger partial charge in [0.1, 0.15) is 12.4 Å². The van der Waals surface area contributed by atoms with Gasteiger partial charge in [-0.25, -0.2) is 8.42 Å². The van der Waals surface area contributed by atoms with E-state index in [0.29, 0.717) is 11.8 Å². The van der Waals surface area contributed by atoms with Crippen molar-refractivity contribution < 1.29 is 31.1 Å². The SMILES string of the molecule is CCCc1ccc(OCCNC(=O)CCCN(c2cc(C(F)(F)F)ccc2Cl)S(C)(=O)=O)cc1. The summed E-state index contributed by atoms with van der Waals surface area (Å²) in [6.07, 6.45) is -1.66. The summed E-state index contributed by atoms with van der Waals surface area (Å²) in [6.45, 7) is 2.42. The van der Waals surface area contributed by atoms with Crippen molar-refractivity contribution in [3.05, 3.63) is 58.6 Å². The van der Waals surface area contributed by atoms with E-state index in [0.717, 1.165) is 35.5 Å². The van der Waals surface area contributed by atoms with E-state index in [9.17, 15) is 26.4 Å². The van der Waals surface area contributed by atoms with Gasteiger partial charge < -0.3 is 10.1 Å². The van der Waals surface area contributed by atoms with Crippen LogP contribution in [0.5, 0.6) is 5.75 Å². The Balaban J connectivity index is 1.85. The second-order valence-electron chi connectivity index (χ2n) is 7.69. The summed E-state index contributed by atoms with van der Waals surface area (Å²) >= 11 is 5.98.